The molecule has 0 amide bonds. The summed E-state index contributed by atoms with van der Waals surface area (Å²) >= 11 is 1.33. The minimum absolute atomic E-state index is 0.104. The average molecular weight is 263 g/mol. The lowest BCUT2D eigenvalue weighted by Gasteiger charge is -2.08. The van der Waals surface area contributed by atoms with E-state index in [2.05, 4.69) is 4.98 Å². The Hall–Kier alpha value is -1.88. The third kappa shape index (κ3) is 2.22. The second-order valence-corrected chi connectivity index (χ2v) is 4.57. The van der Waals surface area contributed by atoms with Gasteiger partial charge in [0, 0.05) is 0 Å². The third-order valence-electron chi connectivity index (χ3n) is 2.69. The zero-order valence-electron chi connectivity index (χ0n) is 10.1. The summed E-state index contributed by atoms with van der Waals surface area (Å²) in [5.74, 6) is -0.178. The highest BCUT2D eigenvalue weighted by Crippen LogP contribution is 2.31. The van der Waals surface area contributed by atoms with E-state index in [4.69, 9.17) is 9.84 Å². The molecule has 0 saturated heterocycles. The van der Waals surface area contributed by atoms with Gasteiger partial charge < -0.3 is 9.84 Å². The third-order valence-corrected chi connectivity index (χ3v) is 3.57. The summed E-state index contributed by atoms with van der Waals surface area (Å²) in [6.45, 7) is 2.03. The number of rotatable bonds is 4. The monoisotopic (exact) mass is 263 g/mol. The quantitative estimate of drug-likeness (QED) is 0.920. The van der Waals surface area contributed by atoms with Crippen molar-refractivity contribution in [2.24, 2.45) is 0 Å². The number of aromatic carboxylic acids is 1. The fourth-order valence-corrected chi connectivity index (χ4v) is 2.58. The number of ether oxygens (including phenoxy) is 1. The molecule has 0 atom stereocenters. The fourth-order valence-electron chi connectivity index (χ4n) is 1.80. The number of nitrogens with zero attached hydrogens (tertiary/aromatic N) is 1. The number of methoxy groups -OCH3 is 1. The van der Waals surface area contributed by atoms with Crippen LogP contribution < -0.4 is 4.74 Å². The number of carbonyl (C=O) groups is 1. The minimum Gasteiger partial charge on any atom is -0.496 e. The van der Waals surface area contributed by atoms with E-state index in [1.165, 1.54) is 11.3 Å². The summed E-state index contributed by atoms with van der Waals surface area (Å²) in [7, 11) is 1.63. The van der Waals surface area contributed by atoms with E-state index >= 15 is 0 Å². The first-order valence-electron chi connectivity index (χ1n) is 5.51. The summed E-state index contributed by atoms with van der Waals surface area (Å²) in [4.78, 5) is 15.6. The lowest BCUT2D eigenvalue weighted by Crippen LogP contribution is -1.99. The van der Waals surface area contributed by atoms with Gasteiger partial charge in [0.05, 0.1) is 17.5 Å². The molecule has 0 unspecified atom stereocenters. The molecule has 2 aromatic rings. The highest BCUT2D eigenvalue weighted by atomic mass is 32.1. The Labute approximate surface area is 109 Å². The highest BCUT2D eigenvalue weighted by Gasteiger charge is 2.16. The number of hydrogen-bond acceptors (Lipinski definition) is 4. The molecule has 0 aliphatic rings. The molecular weight excluding hydrogens is 250 g/mol. The molecule has 0 aliphatic heterocycles. The van der Waals surface area contributed by atoms with Crippen molar-refractivity contribution in [2.75, 3.05) is 7.11 Å². The summed E-state index contributed by atoms with van der Waals surface area (Å²) in [5, 5.41) is 9.06. The number of hydrogen-bond donors (Lipinski definition) is 1. The van der Waals surface area contributed by atoms with E-state index in [9.17, 15) is 4.79 Å². The molecule has 0 spiro atoms. The van der Waals surface area contributed by atoms with E-state index in [1.54, 1.807) is 12.6 Å². The zero-order chi connectivity index (χ0) is 13.1. The Morgan fingerprint density at radius 2 is 2.28 bits per heavy atom. The Balaban J connectivity index is 2.51. The van der Waals surface area contributed by atoms with Gasteiger partial charge in [-0.15, -0.1) is 11.3 Å². The van der Waals surface area contributed by atoms with E-state index in [1.807, 2.05) is 25.1 Å². The maximum absolute atomic E-state index is 11.1. The van der Waals surface area contributed by atoms with Gasteiger partial charge in [0.2, 0.25) is 0 Å². The van der Waals surface area contributed by atoms with Crippen molar-refractivity contribution in [3.8, 4) is 16.2 Å². The second kappa shape index (κ2) is 5.18. The number of thiazole rings is 1. The van der Waals surface area contributed by atoms with Crippen molar-refractivity contribution in [3.05, 3.63) is 35.0 Å². The molecule has 1 N–H and O–H groups in total. The van der Waals surface area contributed by atoms with Crippen molar-refractivity contribution in [1.29, 1.82) is 0 Å². The molecule has 0 fully saturated rings. The van der Waals surface area contributed by atoms with Gasteiger partial charge in [0.25, 0.3) is 0 Å². The first-order chi connectivity index (χ1) is 8.67. The maximum atomic E-state index is 11.1. The van der Waals surface area contributed by atoms with Crippen molar-refractivity contribution >= 4 is 17.3 Å². The lowest BCUT2D eigenvalue weighted by atomic mass is 10.1. The fraction of sp³-hybridized carbons (Fsp3) is 0.231. The van der Waals surface area contributed by atoms with Gasteiger partial charge >= 0.3 is 5.97 Å². The molecule has 1 aromatic carbocycles. The summed E-state index contributed by atoms with van der Waals surface area (Å²) < 4.78 is 5.26. The number of aromatic nitrogens is 1. The van der Waals surface area contributed by atoms with E-state index < -0.39 is 5.97 Å². The molecule has 2 rings (SSSR count). The summed E-state index contributed by atoms with van der Waals surface area (Å²) in [5.41, 5.74) is 3.58. The average Bonchev–Trinajstić information content (AvgIpc) is 2.87. The van der Waals surface area contributed by atoms with Crippen molar-refractivity contribution in [3.63, 3.8) is 0 Å². The number of aryl methyl sites for hydroxylation is 1. The van der Waals surface area contributed by atoms with Gasteiger partial charge in [0.15, 0.2) is 5.69 Å². The highest BCUT2D eigenvalue weighted by molar-refractivity contribution is 7.13. The predicted molar refractivity (Wildman–Crippen MR) is 70.4 cm³/mol. The SMILES string of the molecule is CCc1cc(-c2scnc2C(=O)O)ccc1OC. The molecule has 1 heterocycles. The molecule has 0 aliphatic carbocycles. The predicted octanol–water partition coefficient (Wildman–Crippen LogP) is 3.08. The molecule has 4 nitrogen and oxygen atoms in total. The van der Waals surface area contributed by atoms with Gasteiger partial charge in [-0.3, -0.25) is 0 Å². The van der Waals surface area contributed by atoms with Crippen molar-refractivity contribution in [2.45, 2.75) is 13.3 Å². The van der Waals surface area contributed by atoms with Crippen LogP contribution in [-0.2, 0) is 6.42 Å². The van der Waals surface area contributed by atoms with Gasteiger partial charge in [-0.05, 0) is 35.7 Å². The Morgan fingerprint density at radius 3 is 2.89 bits per heavy atom. The van der Waals surface area contributed by atoms with E-state index in [0.717, 1.165) is 23.3 Å². The lowest BCUT2D eigenvalue weighted by molar-refractivity contribution is 0.0692. The largest absolute Gasteiger partial charge is 0.496 e. The van der Waals surface area contributed by atoms with Crippen LogP contribution in [0.1, 0.15) is 23.0 Å². The number of carboxylic acid groups (broad SMARTS) is 1. The molecule has 0 bridgehead atoms. The molecule has 5 heteroatoms. The van der Waals surface area contributed by atoms with Crippen LogP contribution in [0.5, 0.6) is 5.75 Å². The number of benzene rings is 1. The second-order valence-electron chi connectivity index (χ2n) is 3.72. The van der Waals surface area contributed by atoms with Gasteiger partial charge in [-0.2, -0.15) is 0 Å². The first-order valence-corrected chi connectivity index (χ1v) is 6.39. The molecule has 18 heavy (non-hydrogen) atoms. The minimum atomic E-state index is -1.000. The number of carboxylic acids is 1. The van der Waals surface area contributed by atoms with Crippen LogP contribution in [0.25, 0.3) is 10.4 Å². The molecule has 0 saturated carbocycles. The Kier molecular flexibility index (Phi) is 3.62. The zero-order valence-corrected chi connectivity index (χ0v) is 11.0. The van der Waals surface area contributed by atoms with Crippen molar-refractivity contribution in [1.82, 2.24) is 4.98 Å². The van der Waals surface area contributed by atoms with Crippen LogP contribution in [0.15, 0.2) is 23.7 Å². The Bertz CT molecular complexity index is 577. The topological polar surface area (TPSA) is 59.4 Å². The van der Waals surface area contributed by atoms with Gasteiger partial charge in [0.1, 0.15) is 5.75 Å². The normalized spacial score (nSPS) is 10.3. The van der Waals surface area contributed by atoms with Crippen LogP contribution in [0.3, 0.4) is 0 Å². The van der Waals surface area contributed by atoms with Crippen LogP contribution in [0.4, 0.5) is 0 Å². The molecule has 1 aromatic heterocycles. The van der Waals surface area contributed by atoms with Crippen LogP contribution in [-0.4, -0.2) is 23.2 Å². The molecule has 94 valence electrons. The van der Waals surface area contributed by atoms with Gasteiger partial charge in [-0.25, -0.2) is 9.78 Å². The van der Waals surface area contributed by atoms with Crippen LogP contribution in [0.2, 0.25) is 0 Å². The molecule has 0 radical (unpaired) electrons. The summed E-state index contributed by atoms with van der Waals surface area (Å²) in [6, 6.07) is 5.68. The first kappa shape index (κ1) is 12.6. The molecular formula is C13H13NO3S. The van der Waals surface area contributed by atoms with E-state index in [-0.39, 0.29) is 5.69 Å². The van der Waals surface area contributed by atoms with E-state index in [0.29, 0.717) is 4.88 Å². The van der Waals surface area contributed by atoms with Crippen LogP contribution in [0, 0.1) is 0 Å². The maximum Gasteiger partial charge on any atom is 0.356 e. The summed E-state index contributed by atoms with van der Waals surface area (Å²) in [6.07, 6.45) is 0.832. The van der Waals surface area contributed by atoms with Gasteiger partial charge in [-0.1, -0.05) is 6.92 Å². The van der Waals surface area contributed by atoms with Crippen molar-refractivity contribution < 1.29 is 14.6 Å². The Morgan fingerprint density at radius 1 is 1.50 bits per heavy atom. The smallest absolute Gasteiger partial charge is 0.356 e. The standard InChI is InChI=1S/C13H13NO3S/c1-3-8-6-9(4-5-10(8)17-2)12-11(13(15)16)14-7-18-12/h4-7H,3H2,1-2H3,(H,15,16). The van der Waals surface area contributed by atoms with Crippen LogP contribution >= 0.6 is 11.3 Å².